The van der Waals surface area contributed by atoms with Crippen LogP contribution in [0.25, 0.3) is 5.82 Å². The molecule has 0 unspecified atom stereocenters. The molecule has 0 radical (unpaired) electrons. The number of carbonyl (C=O) groups excluding carboxylic acids is 1. The van der Waals surface area contributed by atoms with Crippen LogP contribution in [-0.2, 0) is 17.8 Å². The number of thioether (sulfide) groups is 1. The van der Waals surface area contributed by atoms with Crippen LogP contribution in [0.1, 0.15) is 23.2 Å². The average Bonchev–Trinajstić information content (AvgIpc) is 3.20. The minimum atomic E-state index is -0.187. The number of carbonyl (C=O) groups is 1. The second kappa shape index (κ2) is 8.63. The van der Waals surface area contributed by atoms with Gasteiger partial charge in [0.05, 0.1) is 0 Å². The van der Waals surface area contributed by atoms with Gasteiger partial charge in [0.25, 0.3) is 5.56 Å². The molecule has 0 saturated carbocycles. The number of nitrogens with one attached hydrogen (secondary N) is 2. The number of amides is 1. The first kappa shape index (κ1) is 18.8. The maximum atomic E-state index is 12.2. The van der Waals surface area contributed by atoms with Gasteiger partial charge in [-0.2, -0.15) is 5.10 Å². The van der Waals surface area contributed by atoms with Crippen LogP contribution >= 0.6 is 11.8 Å². The Morgan fingerprint density at radius 3 is 2.89 bits per heavy atom. The van der Waals surface area contributed by atoms with E-state index < -0.39 is 0 Å². The molecule has 9 heteroatoms. The fourth-order valence-electron chi connectivity index (χ4n) is 2.67. The Balaban J connectivity index is 1.61. The molecule has 8 nitrogen and oxygen atoms in total. The summed E-state index contributed by atoms with van der Waals surface area (Å²) in [6.07, 6.45) is 7.56. The molecule has 27 heavy (non-hydrogen) atoms. The second-order valence-electron chi connectivity index (χ2n) is 5.85. The van der Waals surface area contributed by atoms with Gasteiger partial charge in [-0.15, -0.1) is 0 Å². The molecule has 2 N–H and O–H groups in total. The Labute approximate surface area is 160 Å². The second-order valence-corrected chi connectivity index (χ2v) is 6.65. The van der Waals surface area contributed by atoms with E-state index in [0.717, 1.165) is 5.56 Å². The Morgan fingerprint density at radius 2 is 2.19 bits per heavy atom. The van der Waals surface area contributed by atoms with Crippen molar-refractivity contribution < 1.29 is 4.79 Å². The fraction of sp³-hybridized carbons (Fsp3) is 0.278. The van der Waals surface area contributed by atoms with Crippen LogP contribution in [0, 0.1) is 6.92 Å². The molecule has 3 rings (SSSR count). The van der Waals surface area contributed by atoms with E-state index in [2.05, 4.69) is 25.4 Å². The minimum Gasteiger partial charge on any atom is -0.352 e. The van der Waals surface area contributed by atoms with Crippen LogP contribution in [0.4, 0.5) is 0 Å². The van der Waals surface area contributed by atoms with Crippen molar-refractivity contribution >= 4 is 17.7 Å². The van der Waals surface area contributed by atoms with Crippen LogP contribution < -0.4 is 10.9 Å². The van der Waals surface area contributed by atoms with E-state index in [4.69, 9.17) is 0 Å². The Hall–Kier alpha value is -2.94. The molecule has 0 aliphatic carbocycles. The smallest absolute Gasteiger partial charge is 0.254 e. The summed E-state index contributed by atoms with van der Waals surface area (Å²) >= 11 is 1.38. The molecule has 0 aliphatic heterocycles. The minimum absolute atomic E-state index is 0.141. The third-order valence-corrected chi connectivity index (χ3v) is 4.64. The number of hydrogen-bond acceptors (Lipinski definition) is 6. The lowest BCUT2D eigenvalue weighted by atomic mass is 10.1. The van der Waals surface area contributed by atoms with Crippen LogP contribution in [-0.4, -0.2) is 36.9 Å². The highest BCUT2D eigenvalue weighted by Gasteiger charge is 2.12. The van der Waals surface area contributed by atoms with Crippen molar-refractivity contribution in [3.8, 4) is 5.82 Å². The Morgan fingerprint density at radius 1 is 1.33 bits per heavy atom. The Kier molecular flexibility index (Phi) is 6.02. The number of hydrogen-bond donors (Lipinski definition) is 2. The zero-order chi connectivity index (χ0) is 19.2. The van der Waals surface area contributed by atoms with Gasteiger partial charge in [-0.05, 0) is 31.7 Å². The highest BCUT2D eigenvalue weighted by Crippen LogP contribution is 2.11. The zero-order valence-corrected chi connectivity index (χ0v) is 15.9. The van der Waals surface area contributed by atoms with E-state index in [-0.39, 0.29) is 17.9 Å². The summed E-state index contributed by atoms with van der Waals surface area (Å²) in [6.45, 7) is 2.12. The van der Waals surface area contributed by atoms with Crippen LogP contribution in [0.5, 0.6) is 0 Å². The van der Waals surface area contributed by atoms with Crippen molar-refractivity contribution in [2.75, 3.05) is 6.26 Å². The molecule has 3 heterocycles. The van der Waals surface area contributed by atoms with E-state index in [1.54, 1.807) is 30.2 Å². The predicted octanol–water partition coefficient (Wildman–Crippen LogP) is 1.63. The summed E-state index contributed by atoms with van der Waals surface area (Å²) < 4.78 is 1.66. The number of aromatic nitrogens is 5. The fourth-order valence-corrected chi connectivity index (χ4v) is 3.09. The number of rotatable bonds is 7. The van der Waals surface area contributed by atoms with E-state index in [1.165, 1.54) is 11.8 Å². The molecule has 3 aromatic rings. The lowest BCUT2D eigenvalue weighted by Gasteiger charge is -2.10. The van der Waals surface area contributed by atoms with Gasteiger partial charge in [0, 0.05) is 48.4 Å². The summed E-state index contributed by atoms with van der Waals surface area (Å²) in [5, 5.41) is 7.63. The van der Waals surface area contributed by atoms with Gasteiger partial charge in [-0.25, -0.2) is 14.6 Å². The van der Waals surface area contributed by atoms with Gasteiger partial charge in [-0.3, -0.25) is 9.59 Å². The van der Waals surface area contributed by atoms with Crippen molar-refractivity contribution in [3.63, 3.8) is 0 Å². The SMILES string of the molecule is CSc1nc(C)c(CCC(=O)NCc2cccnc2-n2cccn2)c(=O)[nH]1. The average molecular weight is 384 g/mol. The number of aromatic amines is 1. The third-order valence-electron chi connectivity index (χ3n) is 4.06. The number of pyridine rings is 1. The van der Waals surface area contributed by atoms with E-state index in [9.17, 15) is 9.59 Å². The van der Waals surface area contributed by atoms with Crippen LogP contribution in [0.15, 0.2) is 46.7 Å². The molecule has 0 aromatic carbocycles. The van der Waals surface area contributed by atoms with Crippen molar-refractivity contribution in [1.82, 2.24) is 30.0 Å². The van der Waals surface area contributed by atoms with Gasteiger partial charge >= 0.3 is 0 Å². The van der Waals surface area contributed by atoms with Gasteiger partial charge in [0.2, 0.25) is 5.91 Å². The molecule has 0 saturated heterocycles. The van der Waals surface area contributed by atoms with Gasteiger partial charge < -0.3 is 10.3 Å². The molecule has 0 atom stereocenters. The highest BCUT2D eigenvalue weighted by molar-refractivity contribution is 7.98. The summed E-state index contributed by atoms with van der Waals surface area (Å²) in [4.78, 5) is 35.7. The van der Waals surface area contributed by atoms with E-state index in [0.29, 0.717) is 35.2 Å². The first-order valence-corrected chi connectivity index (χ1v) is 9.65. The molecule has 140 valence electrons. The topological polar surface area (TPSA) is 106 Å². The first-order valence-electron chi connectivity index (χ1n) is 8.43. The standard InChI is InChI=1S/C18H20N6O2S/c1-12-14(17(26)23-18(22-12)27-2)6-7-15(25)20-11-13-5-3-8-19-16(13)24-10-4-9-21-24/h3-5,8-10H,6-7,11H2,1-2H3,(H,20,25)(H,22,23,26). The summed E-state index contributed by atoms with van der Waals surface area (Å²) in [7, 11) is 0. The monoisotopic (exact) mass is 384 g/mol. The number of aryl methyl sites for hydroxylation is 1. The molecule has 0 aliphatic rings. The third kappa shape index (κ3) is 4.62. The van der Waals surface area contributed by atoms with Crippen molar-refractivity contribution in [3.05, 3.63) is 64.0 Å². The molecule has 3 aromatic heterocycles. The number of nitrogens with zero attached hydrogens (tertiary/aromatic N) is 4. The number of H-pyrrole nitrogens is 1. The van der Waals surface area contributed by atoms with Crippen LogP contribution in [0.3, 0.4) is 0 Å². The predicted molar refractivity (Wildman–Crippen MR) is 103 cm³/mol. The largest absolute Gasteiger partial charge is 0.352 e. The maximum absolute atomic E-state index is 12.2. The summed E-state index contributed by atoms with van der Waals surface area (Å²) in [5.74, 6) is 0.532. The van der Waals surface area contributed by atoms with E-state index >= 15 is 0 Å². The van der Waals surface area contributed by atoms with Crippen molar-refractivity contribution in [2.24, 2.45) is 0 Å². The van der Waals surface area contributed by atoms with Crippen LogP contribution in [0.2, 0.25) is 0 Å². The molecule has 1 amide bonds. The van der Waals surface area contributed by atoms with Crippen molar-refractivity contribution in [2.45, 2.75) is 31.5 Å². The van der Waals surface area contributed by atoms with E-state index in [1.807, 2.05) is 24.5 Å². The van der Waals surface area contributed by atoms with Crippen molar-refractivity contribution in [1.29, 1.82) is 0 Å². The molecule has 0 spiro atoms. The molecule has 0 bridgehead atoms. The Bertz CT molecular complexity index is 984. The lowest BCUT2D eigenvalue weighted by molar-refractivity contribution is -0.121. The van der Waals surface area contributed by atoms with Gasteiger partial charge in [-0.1, -0.05) is 17.8 Å². The molecule has 0 fully saturated rings. The molecular formula is C18H20N6O2S. The zero-order valence-electron chi connectivity index (χ0n) is 15.1. The first-order chi connectivity index (χ1) is 13.1. The lowest BCUT2D eigenvalue weighted by Crippen LogP contribution is -2.25. The van der Waals surface area contributed by atoms with Gasteiger partial charge in [0.1, 0.15) is 0 Å². The highest BCUT2D eigenvalue weighted by atomic mass is 32.2. The normalized spacial score (nSPS) is 10.7. The summed E-state index contributed by atoms with van der Waals surface area (Å²) in [5.41, 5.74) is 1.87. The summed E-state index contributed by atoms with van der Waals surface area (Å²) in [6, 6.07) is 5.52. The maximum Gasteiger partial charge on any atom is 0.254 e. The van der Waals surface area contributed by atoms with Gasteiger partial charge in [0.15, 0.2) is 11.0 Å². The molecular weight excluding hydrogens is 364 g/mol. The quantitative estimate of drug-likeness (QED) is 0.474.